The van der Waals surface area contributed by atoms with E-state index in [1.54, 1.807) is 18.5 Å². The van der Waals surface area contributed by atoms with Crippen LogP contribution in [0.2, 0.25) is 0 Å². The molecule has 8 heteroatoms. The fourth-order valence-electron chi connectivity index (χ4n) is 4.36. The number of anilines is 1. The SMILES string of the molecule is O=C1COC(COc2ccc(F)cc2)CN1C1CCN(c2cc(C3CC3)ncn2)CC1. The molecule has 164 valence electrons. The van der Waals surface area contributed by atoms with Crippen molar-refractivity contribution in [1.29, 1.82) is 0 Å². The number of piperidine rings is 1. The predicted molar refractivity (Wildman–Crippen MR) is 113 cm³/mol. The molecule has 0 bridgehead atoms. The molecule has 0 N–H and O–H groups in total. The molecule has 0 spiro atoms. The molecule has 2 aromatic rings. The number of hydrogen-bond acceptors (Lipinski definition) is 6. The monoisotopic (exact) mass is 426 g/mol. The van der Waals surface area contributed by atoms with Crippen LogP contribution in [0.25, 0.3) is 0 Å². The van der Waals surface area contributed by atoms with Gasteiger partial charge in [-0.15, -0.1) is 0 Å². The van der Waals surface area contributed by atoms with E-state index in [0.717, 1.165) is 37.4 Å². The number of benzene rings is 1. The Morgan fingerprint density at radius 3 is 2.61 bits per heavy atom. The maximum Gasteiger partial charge on any atom is 0.248 e. The Kier molecular flexibility index (Phi) is 5.72. The van der Waals surface area contributed by atoms with Crippen LogP contribution in [0.1, 0.15) is 37.3 Å². The van der Waals surface area contributed by atoms with Gasteiger partial charge in [-0.05, 0) is 49.9 Å². The lowest BCUT2D eigenvalue weighted by molar-refractivity contribution is -0.154. The standard InChI is InChI=1S/C23H27FN4O3/c24-17-3-5-19(6-4-17)30-13-20-12-28(23(29)14-31-20)18-7-9-27(10-8-18)22-11-21(16-1-2-16)25-15-26-22/h3-6,11,15-16,18,20H,1-2,7-10,12-14H2. The van der Waals surface area contributed by atoms with Crippen LogP contribution >= 0.6 is 0 Å². The van der Waals surface area contributed by atoms with E-state index in [4.69, 9.17) is 9.47 Å². The molecule has 1 unspecified atom stereocenters. The van der Waals surface area contributed by atoms with Crippen molar-refractivity contribution in [3.63, 3.8) is 0 Å². The molecule has 1 amide bonds. The molecule has 31 heavy (non-hydrogen) atoms. The highest BCUT2D eigenvalue weighted by Gasteiger charge is 2.34. The number of hydrogen-bond donors (Lipinski definition) is 0. The van der Waals surface area contributed by atoms with E-state index >= 15 is 0 Å². The fourth-order valence-corrected chi connectivity index (χ4v) is 4.36. The van der Waals surface area contributed by atoms with Crippen molar-refractivity contribution in [3.8, 4) is 5.75 Å². The van der Waals surface area contributed by atoms with Crippen molar-refractivity contribution in [3.05, 3.63) is 48.2 Å². The Bertz CT molecular complexity index is 913. The molecule has 1 saturated carbocycles. The van der Waals surface area contributed by atoms with E-state index in [0.29, 0.717) is 24.8 Å². The summed E-state index contributed by atoms with van der Waals surface area (Å²) in [6.07, 6.45) is 5.74. The van der Waals surface area contributed by atoms with E-state index < -0.39 is 0 Å². The van der Waals surface area contributed by atoms with Crippen molar-refractivity contribution >= 4 is 11.7 Å². The van der Waals surface area contributed by atoms with Crippen molar-refractivity contribution in [2.45, 2.75) is 43.7 Å². The molecule has 2 aliphatic heterocycles. The minimum atomic E-state index is -0.296. The van der Waals surface area contributed by atoms with Gasteiger partial charge in [0.1, 0.15) is 43.0 Å². The molecule has 3 aliphatic rings. The van der Waals surface area contributed by atoms with Crippen LogP contribution < -0.4 is 9.64 Å². The molecular formula is C23H27FN4O3. The minimum Gasteiger partial charge on any atom is -0.491 e. The summed E-state index contributed by atoms with van der Waals surface area (Å²) < 4.78 is 24.4. The van der Waals surface area contributed by atoms with E-state index in [1.807, 2.05) is 4.90 Å². The van der Waals surface area contributed by atoms with Gasteiger partial charge in [0.05, 0.1) is 6.54 Å². The zero-order valence-electron chi connectivity index (χ0n) is 17.5. The summed E-state index contributed by atoms with van der Waals surface area (Å²) in [7, 11) is 0. The maximum absolute atomic E-state index is 13.0. The zero-order valence-corrected chi connectivity index (χ0v) is 17.5. The second-order valence-corrected chi connectivity index (χ2v) is 8.54. The second kappa shape index (κ2) is 8.78. The van der Waals surface area contributed by atoms with Crippen molar-refractivity contribution < 1.29 is 18.7 Å². The Morgan fingerprint density at radius 2 is 1.87 bits per heavy atom. The first-order valence-corrected chi connectivity index (χ1v) is 11.0. The molecule has 2 saturated heterocycles. The molecule has 1 aliphatic carbocycles. The third-order valence-electron chi connectivity index (χ3n) is 6.31. The van der Waals surface area contributed by atoms with E-state index in [9.17, 15) is 9.18 Å². The van der Waals surface area contributed by atoms with E-state index in [-0.39, 0.29) is 30.5 Å². The molecule has 1 aromatic heterocycles. The second-order valence-electron chi connectivity index (χ2n) is 8.54. The van der Waals surface area contributed by atoms with Gasteiger partial charge in [-0.2, -0.15) is 0 Å². The van der Waals surface area contributed by atoms with E-state index in [2.05, 4.69) is 20.9 Å². The number of halogens is 1. The third-order valence-corrected chi connectivity index (χ3v) is 6.31. The van der Waals surface area contributed by atoms with Gasteiger partial charge >= 0.3 is 0 Å². The summed E-state index contributed by atoms with van der Waals surface area (Å²) in [5.74, 6) is 1.94. The topological polar surface area (TPSA) is 67.8 Å². The molecular weight excluding hydrogens is 399 g/mol. The number of amides is 1. The maximum atomic E-state index is 13.0. The molecule has 1 atom stereocenters. The summed E-state index contributed by atoms with van der Waals surface area (Å²) in [5.41, 5.74) is 1.15. The first-order chi connectivity index (χ1) is 15.2. The summed E-state index contributed by atoms with van der Waals surface area (Å²) >= 11 is 0. The first-order valence-electron chi connectivity index (χ1n) is 11.0. The van der Waals surface area contributed by atoms with Crippen LogP contribution in [0.5, 0.6) is 5.75 Å². The van der Waals surface area contributed by atoms with Gasteiger partial charge in [0, 0.05) is 36.8 Å². The molecule has 1 aromatic carbocycles. The largest absolute Gasteiger partial charge is 0.491 e. The molecule has 7 nitrogen and oxygen atoms in total. The van der Waals surface area contributed by atoms with Crippen LogP contribution in [0, 0.1) is 5.82 Å². The van der Waals surface area contributed by atoms with Gasteiger partial charge in [0.15, 0.2) is 0 Å². The Hall–Kier alpha value is -2.74. The quantitative estimate of drug-likeness (QED) is 0.708. The molecule has 0 radical (unpaired) electrons. The van der Waals surface area contributed by atoms with Crippen molar-refractivity contribution in [2.24, 2.45) is 0 Å². The average Bonchev–Trinajstić information content (AvgIpc) is 3.66. The lowest BCUT2D eigenvalue weighted by atomic mass is 10.0. The van der Waals surface area contributed by atoms with Gasteiger partial charge in [-0.3, -0.25) is 4.79 Å². The number of morpholine rings is 1. The highest BCUT2D eigenvalue weighted by molar-refractivity contribution is 5.78. The van der Waals surface area contributed by atoms with Gasteiger partial charge in [0.2, 0.25) is 5.91 Å². The van der Waals surface area contributed by atoms with Gasteiger partial charge in [-0.1, -0.05) is 0 Å². The van der Waals surface area contributed by atoms with Crippen molar-refractivity contribution in [2.75, 3.05) is 37.7 Å². The van der Waals surface area contributed by atoms with Crippen LogP contribution in [-0.4, -0.2) is 65.8 Å². The summed E-state index contributed by atoms with van der Waals surface area (Å²) in [5, 5.41) is 0. The van der Waals surface area contributed by atoms with Gasteiger partial charge in [-0.25, -0.2) is 14.4 Å². The number of nitrogens with zero attached hydrogens (tertiary/aromatic N) is 4. The zero-order chi connectivity index (χ0) is 21.2. The van der Waals surface area contributed by atoms with Crippen LogP contribution in [0.3, 0.4) is 0 Å². The summed E-state index contributed by atoms with van der Waals surface area (Å²) in [4.78, 5) is 25.6. The fraction of sp³-hybridized carbons (Fsp3) is 0.522. The van der Waals surface area contributed by atoms with E-state index in [1.165, 1.54) is 25.0 Å². The summed E-state index contributed by atoms with van der Waals surface area (Å²) in [6.45, 7) is 2.66. The normalized spacial score (nSPS) is 22.6. The number of aromatic nitrogens is 2. The lowest BCUT2D eigenvalue weighted by Gasteiger charge is -2.42. The smallest absolute Gasteiger partial charge is 0.248 e. The number of carbonyl (C=O) groups is 1. The average molecular weight is 426 g/mol. The molecule has 5 rings (SSSR count). The van der Waals surface area contributed by atoms with Crippen LogP contribution in [0.15, 0.2) is 36.7 Å². The summed E-state index contributed by atoms with van der Waals surface area (Å²) in [6, 6.07) is 8.25. The van der Waals surface area contributed by atoms with Gasteiger partial charge < -0.3 is 19.3 Å². The number of rotatable bonds is 6. The Balaban J connectivity index is 1.15. The predicted octanol–water partition coefficient (Wildman–Crippen LogP) is 2.77. The first kappa shape index (κ1) is 20.2. The minimum absolute atomic E-state index is 0.0366. The lowest BCUT2D eigenvalue weighted by Crippen LogP contribution is -2.55. The van der Waals surface area contributed by atoms with Crippen molar-refractivity contribution in [1.82, 2.24) is 14.9 Å². The third kappa shape index (κ3) is 4.79. The van der Waals surface area contributed by atoms with Crippen LogP contribution in [0.4, 0.5) is 10.2 Å². The Morgan fingerprint density at radius 1 is 1.10 bits per heavy atom. The number of ether oxygens (including phenoxy) is 2. The van der Waals surface area contributed by atoms with Crippen LogP contribution in [-0.2, 0) is 9.53 Å². The number of carbonyl (C=O) groups excluding carboxylic acids is 1. The highest BCUT2D eigenvalue weighted by Crippen LogP contribution is 2.39. The molecule has 3 heterocycles. The van der Waals surface area contributed by atoms with Gasteiger partial charge in [0.25, 0.3) is 0 Å². The Labute approximate surface area is 181 Å². The molecule has 3 fully saturated rings. The highest BCUT2D eigenvalue weighted by atomic mass is 19.1.